The summed E-state index contributed by atoms with van der Waals surface area (Å²) in [7, 11) is 0. The van der Waals surface area contributed by atoms with Gasteiger partial charge in [-0.1, -0.05) is 23.5 Å². The summed E-state index contributed by atoms with van der Waals surface area (Å²) in [5.41, 5.74) is 4.19. The zero-order valence-corrected chi connectivity index (χ0v) is 9.99. The van der Waals surface area contributed by atoms with E-state index < -0.39 is 5.97 Å². The van der Waals surface area contributed by atoms with Crippen LogP contribution < -0.4 is 5.43 Å². The molecule has 1 heterocycles. The van der Waals surface area contributed by atoms with Crippen LogP contribution in [0.15, 0.2) is 29.4 Å². The Morgan fingerprint density at radius 2 is 2.29 bits per heavy atom. The number of para-hydroxylation sites is 1. The molecule has 0 saturated heterocycles. The number of hydrazone groups is 1. The summed E-state index contributed by atoms with van der Waals surface area (Å²) in [4.78, 5) is 14.8. The van der Waals surface area contributed by atoms with Crippen LogP contribution in [0, 0.1) is 0 Å². The van der Waals surface area contributed by atoms with Crippen LogP contribution in [0.3, 0.4) is 0 Å². The number of anilines is 1. The maximum atomic E-state index is 10.4. The largest absolute Gasteiger partial charge is 0.481 e. The van der Waals surface area contributed by atoms with Gasteiger partial charge in [-0.2, -0.15) is 5.10 Å². The molecule has 2 N–H and O–H groups in total. The van der Waals surface area contributed by atoms with Crippen LogP contribution in [0.5, 0.6) is 0 Å². The number of hydrogen-bond donors (Lipinski definition) is 2. The average molecular weight is 249 g/mol. The number of nitrogens with one attached hydrogen (secondary N) is 1. The van der Waals surface area contributed by atoms with Gasteiger partial charge in [-0.15, -0.1) is 0 Å². The van der Waals surface area contributed by atoms with Gasteiger partial charge in [0.1, 0.15) is 0 Å². The molecule has 88 valence electrons. The number of aromatic nitrogens is 1. The summed E-state index contributed by atoms with van der Waals surface area (Å²) in [5, 5.41) is 13.2. The van der Waals surface area contributed by atoms with Crippen molar-refractivity contribution >= 4 is 38.4 Å². The van der Waals surface area contributed by atoms with E-state index in [-0.39, 0.29) is 6.42 Å². The molecule has 0 saturated carbocycles. The Bertz CT molecular complexity index is 544. The Morgan fingerprint density at radius 1 is 1.53 bits per heavy atom. The van der Waals surface area contributed by atoms with Gasteiger partial charge in [0.15, 0.2) is 0 Å². The van der Waals surface area contributed by atoms with Crippen molar-refractivity contribution in [1.82, 2.24) is 4.98 Å². The summed E-state index contributed by atoms with van der Waals surface area (Å²) in [6.45, 7) is 1.66. The quantitative estimate of drug-likeness (QED) is 0.645. The van der Waals surface area contributed by atoms with E-state index in [2.05, 4.69) is 15.5 Å². The average Bonchev–Trinajstić information content (AvgIpc) is 2.68. The van der Waals surface area contributed by atoms with Crippen LogP contribution in [-0.2, 0) is 4.79 Å². The van der Waals surface area contributed by atoms with Gasteiger partial charge in [0.2, 0.25) is 5.13 Å². The molecule has 5 nitrogen and oxygen atoms in total. The summed E-state index contributed by atoms with van der Waals surface area (Å²) in [6.07, 6.45) is -0.0715. The summed E-state index contributed by atoms with van der Waals surface area (Å²) in [6, 6.07) is 7.77. The molecular weight excluding hydrogens is 238 g/mol. The highest BCUT2D eigenvalue weighted by molar-refractivity contribution is 7.22. The van der Waals surface area contributed by atoms with Crippen molar-refractivity contribution in [3.8, 4) is 0 Å². The van der Waals surface area contributed by atoms with Gasteiger partial charge >= 0.3 is 5.97 Å². The maximum absolute atomic E-state index is 10.4. The molecule has 0 amide bonds. The first-order chi connectivity index (χ1) is 8.15. The van der Waals surface area contributed by atoms with Crippen LogP contribution in [0.2, 0.25) is 0 Å². The van der Waals surface area contributed by atoms with E-state index in [9.17, 15) is 4.79 Å². The Labute approximate surface area is 102 Å². The van der Waals surface area contributed by atoms with Crippen LogP contribution in [0.1, 0.15) is 13.3 Å². The van der Waals surface area contributed by atoms with Gasteiger partial charge in [0.25, 0.3) is 0 Å². The van der Waals surface area contributed by atoms with Gasteiger partial charge in [-0.05, 0) is 19.1 Å². The third-order valence-electron chi connectivity index (χ3n) is 2.04. The van der Waals surface area contributed by atoms with Gasteiger partial charge in [0.05, 0.1) is 16.6 Å². The number of hydrogen-bond acceptors (Lipinski definition) is 5. The lowest BCUT2D eigenvalue weighted by Gasteiger charge is -1.96. The van der Waals surface area contributed by atoms with Crippen molar-refractivity contribution in [2.75, 3.05) is 5.43 Å². The molecule has 0 unspecified atom stereocenters. The first-order valence-corrected chi connectivity index (χ1v) is 5.83. The molecule has 0 aliphatic heterocycles. The molecule has 0 aliphatic rings. The van der Waals surface area contributed by atoms with Crippen molar-refractivity contribution in [3.63, 3.8) is 0 Å². The molecule has 17 heavy (non-hydrogen) atoms. The van der Waals surface area contributed by atoms with E-state index in [1.807, 2.05) is 24.3 Å². The second kappa shape index (κ2) is 4.92. The SMILES string of the molecule is C/C(CC(=O)O)=N\Nc1nc2ccccc2s1. The zero-order valence-electron chi connectivity index (χ0n) is 9.17. The Kier molecular flexibility index (Phi) is 3.34. The van der Waals surface area contributed by atoms with Crippen molar-refractivity contribution in [3.05, 3.63) is 24.3 Å². The number of carboxylic acids is 1. The van der Waals surface area contributed by atoms with E-state index in [1.54, 1.807) is 6.92 Å². The third-order valence-corrected chi connectivity index (χ3v) is 2.98. The first kappa shape index (κ1) is 11.5. The number of benzene rings is 1. The number of carboxylic acid groups (broad SMARTS) is 1. The predicted octanol–water partition coefficient (Wildman–Crippen LogP) is 2.56. The van der Waals surface area contributed by atoms with E-state index in [1.165, 1.54) is 11.3 Å². The molecule has 1 aromatic heterocycles. The molecule has 1 aromatic carbocycles. The Morgan fingerprint density at radius 3 is 3.00 bits per heavy atom. The van der Waals surface area contributed by atoms with Gasteiger partial charge < -0.3 is 5.11 Å². The normalized spacial score (nSPS) is 11.7. The van der Waals surface area contributed by atoms with Crippen LogP contribution in [0.25, 0.3) is 10.2 Å². The number of aliphatic carboxylic acids is 1. The molecule has 0 bridgehead atoms. The second-order valence-electron chi connectivity index (χ2n) is 3.52. The minimum absolute atomic E-state index is 0.0715. The molecule has 2 aromatic rings. The van der Waals surface area contributed by atoms with Crippen molar-refractivity contribution in [1.29, 1.82) is 0 Å². The van der Waals surface area contributed by atoms with Crippen LogP contribution in [-0.4, -0.2) is 21.8 Å². The van der Waals surface area contributed by atoms with Gasteiger partial charge in [-0.25, -0.2) is 4.98 Å². The second-order valence-corrected chi connectivity index (χ2v) is 4.55. The topological polar surface area (TPSA) is 74.6 Å². The monoisotopic (exact) mass is 249 g/mol. The molecule has 0 fully saturated rings. The number of fused-ring (bicyclic) bond motifs is 1. The minimum atomic E-state index is -0.891. The van der Waals surface area contributed by atoms with E-state index in [0.717, 1.165) is 10.2 Å². The van der Waals surface area contributed by atoms with Crippen LogP contribution >= 0.6 is 11.3 Å². The van der Waals surface area contributed by atoms with E-state index >= 15 is 0 Å². The van der Waals surface area contributed by atoms with Crippen molar-refractivity contribution in [2.24, 2.45) is 5.10 Å². The number of nitrogens with zero attached hydrogens (tertiary/aromatic N) is 2. The van der Waals surface area contributed by atoms with E-state index in [0.29, 0.717) is 10.8 Å². The van der Waals surface area contributed by atoms with Crippen molar-refractivity contribution < 1.29 is 9.90 Å². The predicted molar refractivity (Wildman–Crippen MR) is 68.6 cm³/mol. The Hall–Kier alpha value is -1.95. The molecule has 2 rings (SSSR count). The third kappa shape index (κ3) is 3.01. The molecule has 0 aliphatic carbocycles. The van der Waals surface area contributed by atoms with Gasteiger partial charge in [-0.3, -0.25) is 10.2 Å². The fourth-order valence-electron chi connectivity index (χ4n) is 1.32. The highest BCUT2D eigenvalue weighted by atomic mass is 32.1. The summed E-state index contributed by atoms with van der Waals surface area (Å²) >= 11 is 1.48. The highest BCUT2D eigenvalue weighted by Crippen LogP contribution is 2.25. The highest BCUT2D eigenvalue weighted by Gasteiger charge is 2.03. The molecular formula is C11H11N3O2S. The summed E-state index contributed by atoms with van der Waals surface area (Å²) < 4.78 is 1.07. The lowest BCUT2D eigenvalue weighted by atomic mass is 10.3. The first-order valence-electron chi connectivity index (χ1n) is 5.01. The van der Waals surface area contributed by atoms with Gasteiger partial charge in [0, 0.05) is 5.71 Å². The Balaban J connectivity index is 2.11. The smallest absolute Gasteiger partial charge is 0.309 e. The van der Waals surface area contributed by atoms with E-state index in [4.69, 9.17) is 5.11 Å². The lowest BCUT2D eigenvalue weighted by molar-refractivity contribution is -0.135. The van der Waals surface area contributed by atoms with Crippen LogP contribution in [0.4, 0.5) is 5.13 Å². The number of rotatable bonds is 4. The lowest BCUT2D eigenvalue weighted by Crippen LogP contribution is -2.05. The molecule has 0 spiro atoms. The van der Waals surface area contributed by atoms with Crippen molar-refractivity contribution in [2.45, 2.75) is 13.3 Å². The zero-order chi connectivity index (χ0) is 12.3. The fraction of sp³-hybridized carbons (Fsp3) is 0.182. The fourth-order valence-corrected chi connectivity index (χ4v) is 2.13. The number of carbonyl (C=O) groups is 1. The molecule has 0 atom stereocenters. The standard InChI is InChI=1S/C11H11N3O2S/c1-7(6-10(15)16)13-14-11-12-8-4-2-3-5-9(8)17-11/h2-5H,6H2,1H3,(H,12,14)(H,15,16)/b13-7+. The number of thiazole rings is 1. The minimum Gasteiger partial charge on any atom is -0.481 e. The maximum Gasteiger partial charge on any atom is 0.309 e. The molecule has 0 radical (unpaired) electrons. The molecule has 6 heteroatoms. The summed E-state index contributed by atoms with van der Waals surface area (Å²) in [5.74, 6) is -0.891.